The molecule has 0 aliphatic rings. The zero-order valence-corrected chi connectivity index (χ0v) is 39.3. The molecule has 11 aromatic carbocycles. The summed E-state index contributed by atoms with van der Waals surface area (Å²) in [5.41, 5.74) is 13.0. The lowest BCUT2D eigenvalue weighted by molar-refractivity contribution is 1.16. The summed E-state index contributed by atoms with van der Waals surface area (Å²) in [6, 6.07) is 101. The largest absolute Gasteiger partial charge is 0.309 e. The zero-order chi connectivity index (χ0) is 46.2. The number of nitrogens with zero attached hydrogens (tertiary/aromatic N) is 3. The summed E-state index contributed by atoms with van der Waals surface area (Å²) in [7, 11) is -3.06. The molecule has 0 aliphatic heterocycles. The lowest BCUT2D eigenvalue weighted by Gasteiger charge is -2.35. The second kappa shape index (κ2) is 16.1. The summed E-state index contributed by atoms with van der Waals surface area (Å²) in [6.45, 7) is 0. The van der Waals surface area contributed by atoms with E-state index in [1.165, 1.54) is 103 Å². The van der Waals surface area contributed by atoms with Crippen molar-refractivity contribution in [3.63, 3.8) is 0 Å². The van der Waals surface area contributed by atoms with Crippen molar-refractivity contribution < 1.29 is 0 Å². The highest BCUT2D eigenvalue weighted by molar-refractivity contribution is 7.20. The molecule has 0 aliphatic carbocycles. The molecule has 0 N–H and O–H groups in total. The van der Waals surface area contributed by atoms with E-state index in [0.29, 0.717) is 0 Å². The van der Waals surface area contributed by atoms with Crippen LogP contribution in [0.1, 0.15) is 0 Å². The third-order valence-corrected chi connectivity index (χ3v) is 19.6. The fourth-order valence-electron chi connectivity index (χ4n) is 11.9. The minimum absolute atomic E-state index is 1.12. The topological polar surface area (TPSA) is 14.8 Å². The van der Waals surface area contributed by atoms with Gasteiger partial charge in [-0.25, -0.2) is 0 Å². The van der Waals surface area contributed by atoms with Crippen LogP contribution in [0.25, 0.3) is 93.6 Å². The Balaban J connectivity index is 1.12. The predicted octanol–water partition coefficient (Wildman–Crippen LogP) is 14.0. The molecule has 14 aromatic rings. The maximum Gasteiger partial charge on any atom is 0.181 e. The lowest BCUT2D eigenvalue weighted by atomic mass is 10.1. The molecule has 0 atom stereocenters. The molecule has 14 rings (SSSR count). The van der Waals surface area contributed by atoms with E-state index in [-0.39, 0.29) is 0 Å². The van der Waals surface area contributed by atoms with Crippen LogP contribution in [0.2, 0.25) is 0 Å². The summed E-state index contributed by atoms with van der Waals surface area (Å²) in [4.78, 5) is 0. The number of hydrogen-bond acceptors (Lipinski definition) is 0. The van der Waals surface area contributed by atoms with Crippen molar-refractivity contribution >= 4 is 94.2 Å². The summed E-state index contributed by atoms with van der Waals surface area (Å²) in [5, 5.41) is 12.8. The molecule has 0 amide bonds. The Morgan fingerprint density at radius 3 is 1.27 bits per heavy atom. The third kappa shape index (κ3) is 5.94. The molecule has 4 heteroatoms. The molecule has 0 bridgehead atoms. The monoisotopic (exact) mass is 907 g/mol. The second-order valence-electron chi connectivity index (χ2n) is 18.4. The first-order valence-electron chi connectivity index (χ1n) is 24.2. The van der Waals surface area contributed by atoms with E-state index in [2.05, 4.69) is 287 Å². The highest BCUT2D eigenvalue weighted by Gasteiger charge is 2.43. The molecule has 3 nitrogen and oxygen atoms in total. The number of para-hydroxylation sites is 4. The van der Waals surface area contributed by atoms with Crippen molar-refractivity contribution in [3.8, 4) is 28.2 Å². The smallest absolute Gasteiger partial charge is 0.181 e. The Kier molecular flexibility index (Phi) is 9.23. The van der Waals surface area contributed by atoms with Crippen LogP contribution in [0.5, 0.6) is 0 Å². The van der Waals surface area contributed by atoms with Crippen LogP contribution in [0.4, 0.5) is 0 Å². The number of rotatable bonds is 8. The van der Waals surface area contributed by atoms with Gasteiger partial charge in [-0.2, -0.15) is 0 Å². The molecular weight excluding hydrogens is 863 g/mol. The first kappa shape index (κ1) is 40.1. The first-order valence-corrected chi connectivity index (χ1v) is 26.2. The highest BCUT2D eigenvalue weighted by Crippen LogP contribution is 2.42. The Morgan fingerprint density at radius 2 is 0.686 bits per heavy atom. The van der Waals surface area contributed by atoms with Gasteiger partial charge < -0.3 is 13.7 Å². The van der Waals surface area contributed by atoms with E-state index in [4.69, 9.17) is 0 Å². The van der Waals surface area contributed by atoms with Gasteiger partial charge in [0.15, 0.2) is 8.07 Å². The van der Waals surface area contributed by atoms with Gasteiger partial charge in [-0.15, -0.1) is 0 Å². The lowest BCUT2D eigenvalue weighted by Crippen LogP contribution is -2.75. The fraction of sp³-hybridized carbons (Fsp3) is 0. The third-order valence-electron chi connectivity index (χ3n) is 14.8. The van der Waals surface area contributed by atoms with Gasteiger partial charge in [0.05, 0.1) is 38.8 Å². The maximum absolute atomic E-state index is 3.06. The van der Waals surface area contributed by atoms with Gasteiger partial charge in [-0.05, 0) is 92.5 Å². The SMILES string of the molecule is c1ccc(-c2ccc(-n3c4ccccc4c4cc(-n5c6cccc(-n7c8ccccc8c8ccccc87)c6c6cccc([Si](c7ccccc7)(c7ccccc7)c7ccccc7)c65)ccc43)cc2)cc1. The van der Waals surface area contributed by atoms with Crippen LogP contribution in [0, 0.1) is 0 Å². The van der Waals surface area contributed by atoms with Gasteiger partial charge in [0.25, 0.3) is 0 Å². The normalized spacial score (nSPS) is 12.0. The average molecular weight is 908 g/mol. The van der Waals surface area contributed by atoms with Crippen LogP contribution in [-0.2, 0) is 0 Å². The molecule has 70 heavy (non-hydrogen) atoms. The van der Waals surface area contributed by atoms with Crippen LogP contribution >= 0.6 is 0 Å². The van der Waals surface area contributed by atoms with Gasteiger partial charge in [0.2, 0.25) is 0 Å². The van der Waals surface area contributed by atoms with E-state index in [1.807, 2.05) is 0 Å². The van der Waals surface area contributed by atoms with Gasteiger partial charge in [-0.1, -0.05) is 212 Å². The molecule has 0 fully saturated rings. The van der Waals surface area contributed by atoms with E-state index in [0.717, 1.165) is 11.4 Å². The fourth-order valence-corrected chi connectivity index (χ4v) is 16.8. The summed E-state index contributed by atoms with van der Waals surface area (Å²) < 4.78 is 7.53. The van der Waals surface area contributed by atoms with E-state index >= 15 is 0 Å². The van der Waals surface area contributed by atoms with Crippen molar-refractivity contribution in [2.24, 2.45) is 0 Å². The quantitative estimate of drug-likeness (QED) is 0.107. The molecule has 0 radical (unpaired) electrons. The number of benzene rings is 11. The van der Waals surface area contributed by atoms with Crippen LogP contribution in [0.15, 0.2) is 273 Å². The van der Waals surface area contributed by atoms with Crippen molar-refractivity contribution in [1.82, 2.24) is 13.7 Å². The van der Waals surface area contributed by atoms with Crippen molar-refractivity contribution in [2.75, 3.05) is 0 Å². The Labute approximate surface area is 407 Å². The van der Waals surface area contributed by atoms with Crippen LogP contribution < -0.4 is 20.7 Å². The molecule has 0 saturated carbocycles. The minimum atomic E-state index is -3.06. The number of fused-ring (bicyclic) bond motifs is 9. The molecule has 3 aromatic heterocycles. The standard InChI is InChI=1S/C66H45N3Si/c1-5-21-46(22-6-1)47-39-41-48(42-40-47)67-58-33-16-15-31-55(58)57-45-49(43-44-61(57)67)68-62-36-20-37-63(69-59-34-17-13-29-53(59)54-30-14-18-35-60(54)69)65(62)56-32-19-38-64(66(56)68)70(50-23-7-2-8-24-50,51-25-9-3-10-26-51)52-27-11-4-12-28-52/h1-45H. The number of hydrogen-bond donors (Lipinski definition) is 0. The second-order valence-corrected chi connectivity index (χ2v) is 22.2. The van der Waals surface area contributed by atoms with E-state index in [1.54, 1.807) is 0 Å². The molecule has 0 spiro atoms. The Hall–Kier alpha value is -8.96. The molecular formula is C66H45N3Si. The minimum Gasteiger partial charge on any atom is -0.309 e. The highest BCUT2D eigenvalue weighted by atomic mass is 28.3. The van der Waals surface area contributed by atoms with Crippen LogP contribution in [-0.4, -0.2) is 21.8 Å². The Bertz CT molecular complexity index is 4110. The molecule has 0 saturated heterocycles. The van der Waals surface area contributed by atoms with Gasteiger partial charge in [0.1, 0.15) is 0 Å². The summed E-state index contributed by atoms with van der Waals surface area (Å²) in [5.74, 6) is 0. The van der Waals surface area contributed by atoms with E-state index < -0.39 is 8.07 Å². The van der Waals surface area contributed by atoms with Crippen molar-refractivity contribution in [2.45, 2.75) is 0 Å². The number of aromatic nitrogens is 3. The average Bonchev–Trinajstić information content (AvgIpc) is 4.08. The van der Waals surface area contributed by atoms with Gasteiger partial charge >= 0.3 is 0 Å². The molecule has 3 heterocycles. The van der Waals surface area contributed by atoms with E-state index in [9.17, 15) is 0 Å². The van der Waals surface area contributed by atoms with Crippen molar-refractivity contribution in [3.05, 3.63) is 273 Å². The zero-order valence-electron chi connectivity index (χ0n) is 38.3. The first-order chi connectivity index (χ1) is 34.8. The van der Waals surface area contributed by atoms with Gasteiger partial charge in [-0.3, -0.25) is 0 Å². The molecule has 328 valence electrons. The maximum atomic E-state index is 2.61. The van der Waals surface area contributed by atoms with Crippen molar-refractivity contribution in [1.29, 1.82) is 0 Å². The summed E-state index contributed by atoms with van der Waals surface area (Å²) in [6.07, 6.45) is 0. The Morgan fingerprint density at radius 1 is 0.257 bits per heavy atom. The predicted molar refractivity (Wildman–Crippen MR) is 299 cm³/mol. The van der Waals surface area contributed by atoms with Crippen LogP contribution in [0.3, 0.4) is 0 Å². The molecule has 0 unspecified atom stereocenters. The van der Waals surface area contributed by atoms with Gasteiger partial charge in [0, 0.05) is 43.7 Å². The summed E-state index contributed by atoms with van der Waals surface area (Å²) >= 11 is 0.